The molecule has 19 heavy (non-hydrogen) atoms. The van der Waals surface area contributed by atoms with Crippen LogP contribution in [0.1, 0.15) is 30.9 Å². The van der Waals surface area contributed by atoms with E-state index < -0.39 is 0 Å². The quantitative estimate of drug-likeness (QED) is 0.855. The molecule has 1 atom stereocenters. The van der Waals surface area contributed by atoms with E-state index in [1.54, 1.807) is 0 Å². The summed E-state index contributed by atoms with van der Waals surface area (Å²) in [7, 11) is 0. The Morgan fingerprint density at radius 2 is 2.26 bits per heavy atom. The van der Waals surface area contributed by atoms with Gasteiger partial charge in [-0.15, -0.1) is 0 Å². The molecule has 3 heteroatoms. The third kappa shape index (κ3) is 3.71. The van der Waals surface area contributed by atoms with E-state index in [0.29, 0.717) is 12.5 Å². The molecule has 1 heterocycles. The fraction of sp³-hybridized carbons (Fsp3) is 0.625. The van der Waals surface area contributed by atoms with Crippen molar-refractivity contribution < 1.29 is 5.11 Å². The van der Waals surface area contributed by atoms with Crippen molar-refractivity contribution in [3.05, 3.63) is 29.3 Å². The third-order valence-electron chi connectivity index (χ3n) is 4.03. The second-order valence-electron chi connectivity index (χ2n) is 5.53. The van der Waals surface area contributed by atoms with Crippen LogP contribution in [-0.2, 0) is 6.54 Å². The molecule has 3 nitrogen and oxygen atoms in total. The number of anilines is 1. The van der Waals surface area contributed by atoms with Gasteiger partial charge in [0.1, 0.15) is 0 Å². The van der Waals surface area contributed by atoms with Crippen molar-refractivity contribution in [1.29, 1.82) is 0 Å². The molecule has 0 amide bonds. The molecule has 0 aromatic heterocycles. The van der Waals surface area contributed by atoms with Crippen LogP contribution in [0.3, 0.4) is 0 Å². The molecule has 1 saturated heterocycles. The van der Waals surface area contributed by atoms with Gasteiger partial charge in [-0.2, -0.15) is 0 Å². The minimum atomic E-state index is 0.313. The highest BCUT2D eigenvalue weighted by atomic mass is 16.3. The molecular weight excluding hydrogens is 236 g/mol. The standard InChI is InChI=1S/C16H26N2O/c1-3-17-10-15-6-7-16(9-13(15)2)18-8-4-5-14(11-18)12-19/h6-7,9,14,17,19H,3-5,8,10-12H2,1-2H3. The summed E-state index contributed by atoms with van der Waals surface area (Å²) in [5.74, 6) is 0.440. The summed E-state index contributed by atoms with van der Waals surface area (Å²) < 4.78 is 0. The lowest BCUT2D eigenvalue weighted by Gasteiger charge is -2.34. The second-order valence-corrected chi connectivity index (χ2v) is 5.53. The number of nitrogens with zero attached hydrogens (tertiary/aromatic N) is 1. The van der Waals surface area contributed by atoms with Crippen molar-refractivity contribution in [1.82, 2.24) is 5.32 Å². The van der Waals surface area contributed by atoms with Crippen LogP contribution in [0.15, 0.2) is 18.2 Å². The number of aryl methyl sites for hydroxylation is 1. The van der Waals surface area contributed by atoms with E-state index in [-0.39, 0.29) is 0 Å². The fourth-order valence-corrected chi connectivity index (χ4v) is 2.78. The Bertz CT molecular complexity index is 406. The Morgan fingerprint density at radius 1 is 1.42 bits per heavy atom. The summed E-state index contributed by atoms with van der Waals surface area (Å²) in [6.45, 7) is 8.68. The van der Waals surface area contributed by atoms with Crippen molar-refractivity contribution in [2.75, 3.05) is 31.1 Å². The highest BCUT2D eigenvalue weighted by molar-refractivity contribution is 5.51. The van der Waals surface area contributed by atoms with Gasteiger partial charge in [0.2, 0.25) is 0 Å². The first-order chi connectivity index (χ1) is 9.24. The predicted molar refractivity (Wildman–Crippen MR) is 80.6 cm³/mol. The monoisotopic (exact) mass is 262 g/mol. The van der Waals surface area contributed by atoms with Crippen molar-refractivity contribution in [2.24, 2.45) is 5.92 Å². The lowest BCUT2D eigenvalue weighted by atomic mass is 9.98. The maximum atomic E-state index is 9.32. The summed E-state index contributed by atoms with van der Waals surface area (Å²) in [6, 6.07) is 6.74. The number of rotatable bonds is 5. The molecule has 1 aromatic carbocycles. The minimum Gasteiger partial charge on any atom is -0.396 e. The van der Waals surface area contributed by atoms with Crippen LogP contribution >= 0.6 is 0 Å². The molecule has 1 unspecified atom stereocenters. The molecule has 0 bridgehead atoms. The van der Waals surface area contributed by atoms with E-state index >= 15 is 0 Å². The van der Waals surface area contributed by atoms with Crippen molar-refractivity contribution >= 4 is 5.69 Å². The summed E-state index contributed by atoms with van der Waals surface area (Å²) >= 11 is 0. The van der Waals surface area contributed by atoms with E-state index in [0.717, 1.165) is 32.6 Å². The molecule has 106 valence electrons. The molecule has 2 N–H and O–H groups in total. The van der Waals surface area contributed by atoms with Crippen molar-refractivity contribution in [3.63, 3.8) is 0 Å². The lowest BCUT2D eigenvalue weighted by Crippen LogP contribution is -2.36. The molecule has 0 spiro atoms. The molecule has 0 saturated carbocycles. The molecule has 1 aliphatic rings. The second kappa shape index (κ2) is 6.92. The maximum absolute atomic E-state index is 9.32. The van der Waals surface area contributed by atoms with Crippen LogP contribution in [0.25, 0.3) is 0 Å². The van der Waals surface area contributed by atoms with E-state index in [2.05, 4.69) is 42.3 Å². The third-order valence-corrected chi connectivity index (χ3v) is 4.03. The molecule has 1 aliphatic heterocycles. The number of piperidine rings is 1. The number of aliphatic hydroxyl groups excluding tert-OH is 1. The Balaban J connectivity index is 2.06. The number of hydrogen-bond donors (Lipinski definition) is 2. The van der Waals surface area contributed by atoms with Crippen LogP contribution in [0, 0.1) is 12.8 Å². The molecule has 0 radical (unpaired) electrons. The Labute approximate surface area is 116 Å². The van der Waals surface area contributed by atoms with Gasteiger partial charge in [0.25, 0.3) is 0 Å². The average Bonchev–Trinajstić information content (AvgIpc) is 2.46. The smallest absolute Gasteiger partial charge is 0.0476 e. The first kappa shape index (κ1) is 14.4. The molecule has 1 fully saturated rings. The minimum absolute atomic E-state index is 0.313. The Kier molecular flexibility index (Phi) is 5.23. The van der Waals surface area contributed by atoms with Crippen LogP contribution in [0.4, 0.5) is 5.69 Å². The van der Waals surface area contributed by atoms with E-state index in [4.69, 9.17) is 0 Å². The predicted octanol–water partition coefficient (Wildman–Crippen LogP) is 2.31. The average molecular weight is 262 g/mol. The largest absolute Gasteiger partial charge is 0.396 e. The summed E-state index contributed by atoms with van der Waals surface area (Å²) in [5, 5.41) is 12.7. The lowest BCUT2D eigenvalue weighted by molar-refractivity contribution is 0.208. The topological polar surface area (TPSA) is 35.5 Å². The van der Waals surface area contributed by atoms with Crippen LogP contribution in [0.2, 0.25) is 0 Å². The van der Waals surface area contributed by atoms with Crippen LogP contribution < -0.4 is 10.2 Å². The number of benzene rings is 1. The highest BCUT2D eigenvalue weighted by Crippen LogP contribution is 2.25. The van der Waals surface area contributed by atoms with Gasteiger partial charge in [0, 0.05) is 31.9 Å². The van der Waals surface area contributed by atoms with Gasteiger partial charge in [0.05, 0.1) is 0 Å². The Morgan fingerprint density at radius 3 is 2.95 bits per heavy atom. The SMILES string of the molecule is CCNCc1ccc(N2CCCC(CO)C2)cc1C. The van der Waals surface area contributed by atoms with Crippen molar-refractivity contribution in [2.45, 2.75) is 33.2 Å². The summed E-state index contributed by atoms with van der Waals surface area (Å²) in [4.78, 5) is 2.41. The van der Waals surface area contributed by atoms with E-state index in [9.17, 15) is 5.11 Å². The zero-order valence-corrected chi connectivity index (χ0v) is 12.2. The highest BCUT2D eigenvalue weighted by Gasteiger charge is 2.19. The van der Waals surface area contributed by atoms with Crippen molar-refractivity contribution in [3.8, 4) is 0 Å². The molecule has 2 rings (SSSR count). The first-order valence-corrected chi connectivity index (χ1v) is 7.40. The van der Waals surface area contributed by atoms with Gasteiger partial charge in [-0.25, -0.2) is 0 Å². The van der Waals surface area contributed by atoms with Crippen LogP contribution in [-0.4, -0.2) is 31.3 Å². The summed E-state index contributed by atoms with van der Waals surface area (Å²) in [5.41, 5.74) is 4.03. The number of hydrogen-bond acceptors (Lipinski definition) is 3. The fourth-order valence-electron chi connectivity index (χ4n) is 2.78. The van der Waals surface area contributed by atoms with Gasteiger partial charge < -0.3 is 15.3 Å². The van der Waals surface area contributed by atoms with E-state index in [1.165, 1.54) is 23.2 Å². The maximum Gasteiger partial charge on any atom is 0.0476 e. The normalized spacial score (nSPS) is 19.7. The van der Waals surface area contributed by atoms with Gasteiger partial charge in [0.15, 0.2) is 0 Å². The Hall–Kier alpha value is -1.06. The van der Waals surface area contributed by atoms with Gasteiger partial charge in [-0.05, 0) is 55.5 Å². The zero-order chi connectivity index (χ0) is 13.7. The number of aliphatic hydroxyl groups is 1. The molecule has 0 aliphatic carbocycles. The van der Waals surface area contributed by atoms with Crippen LogP contribution in [0.5, 0.6) is 0 Å². The molecular formula is C16H26N2O. The zero-order valence-electron chi connectivity index (χ0n) is 12.2. The molecule has 1 aromatic rings. The first-order valence-electron chi connectivity index (χ1n) is 7.40. The summed E-state index contributed by atoms with van der Waals surface area (Å²) in [6.07, 6.45) is 2.34. The van der Waals surface area contributed by atoms with Gasteiger partial charge in [-0.1, -0.05) is 13.0 Å². The van der Waals surface area contributed by atoms with E-state index in [1.807, 2.05) is 0 Å². The van der Waals surface area contributed by atoms with Gasteiger partial charge >= 0.3 is 0 Å². The van der Waals surface area contributed by atoms with Gasteiger partial charge in [-0.3, -0.25) is 0 Å². The number of nitrogens with one attached hydrogen (secondary N) is 1.